The van der Waals surface area contributed by atoms with E-state index in [1.807, 2.05) is 13.8 Å². The number of rotatable bonds is 5. The van der Waals surface area contributed by atoms with Gasteiger partial charge >= 0.3 is 0 Å². The topological polar surface area (TPSA) is 60.8 Å². The first-order valence-electron chi connectivity index (χ1n) is 5.87. The van der Waals surface area contributed by atoms with E-state index in [-0.39, 0.29) is 29.9 Å². The predicted molar refractivity (Wildman–Crippen MR) is 65.9 cm³/mol. The summed E-state index contributed by atoms with van der Waals surface area (Å²) in [4.78, 5) is 13.7. The van der Waals surface area contributed by atoms with Crippen LogP contribution in [0.5, 0.6) is 5.75 Å². The number of benzene rings is 1. The SMILES string of the molecule is CC(C)N(CCCO)C(=O)c1ccc(F)cc1O. The highest BCUT2D eigenvalue weighted by atomic mass is 19.1. The third-order valence-electron chi connectivity index (χ3n) is 2.63. The molecular formula is C13H18FNO3. The Morgan fingerprint density at radius 3 is 2.61 bits per heavy atom. The summed E-state index contributed by atoms with van der Waals surface area (Å²) >= 11 is 0. The van der Waals surface area contributed by atoms with Crippen LogP contribution in [-0.4, -0.2) is 40.2 Å². The lowest BCUT2D eigenvalue weighted by atomic mass is 10.1. The number of phenolic OH excluding ortho intramolecular Hbond substituents is 1. The van der Waals surface area contributed by atoms with Crippen molar-refractivity contribution < 1.29 is 19.4 Å². The molecule has 1 aromatic carbocycles. The van der Waals surface area contributed by atoms with Crippen molar-refractivity contribution in [3.63, 3.8) is 0 Å². The predicted octanol–water partition coefficient (Wildman–Crippen LogP) is 1.76. The molecule has 0 atom stereocenters. The van der Waals surface area contributed by atoms with Crippen LogP contribution in [0, 0.1) is 5.82 Å². The number of aliphatic hydroxyl groups excluding tert-OH is 1. The van der Waals surface area contributed by atoms with Gasteiger partial charge in [-0.3, -0.25) is 4.79 Å². The van der Waals surface area contributed by atoms with Gasteiger partial charge in [-0.25, -0.2) is 4.39 Å². The molecule has 4 nitrogen and oxygen atoms in total. The number of phenols is 1. The van der Waals surface area contributed by atoms with Crippen LogP contribution in [0.4, 0.5) is 4.39 Å². The number of halogens is 1. The van der Waals surface area contributed by atoms with Crippen molar-refractivity contribution in [1.82, 2.24) is 4.90 Å². The maximum absolute atomic E-state index is 12.9. The number of amides is 1. The van der Waals surface area contributed by atoms with Crippen molar-refractivity contribution in [3.05, 3.63) is 29.6 Å². The van der Waals surface area contributed by atoms with Crippen molar-refractivity contribution in [2.45, 2.75) is 26.3 Å². The van der Waals surface area contributed by atoms with Gasteiger partial charge in [-0.2, -0.15) is 0 Å². The van der Waals surface area contributed by atoms with Gasteiger partial charge in [0.15, 0.2) is 0 Å². The summed E-state index contributed by atoms with van der Waals surface area (Å²) in [7, 11) is 0. The van der Waals surface area contributed by atoms with Crippen LogP contribution >= 0.6 is 0 Å². The first kappa shape index (κ1) is 14.4. The lowest BCUT2D eigenvalue weighted by Gasteiger charge is -2.26. The maximum atomic E-state index is 12.9. The smallest absolute Gasteiger partial charge is 0.257 e. The van der Waals surface area contributed by atoms with Gasteiger partial charge in [-0.05, 0) is 32.4 Å². The van der Waals surface area contributed by atoms with Crippen molar-refractivity contribution in [3.8, 4) is 5.75 Å². The fourth-order valence-corrected chi connectivity index (χ4v) is 1.68. The second-order valence-electron chi connectivity index (χ2n) is 4.33. The summed E-state index contributed by atoms with van der Waals surface area (Å²) in [5.74, 6) is -1.32. The number of hydrogen-bond donors (Lipinski definition) is 2. The highest BCUT2D eigenvalue weighted by Gasteiger charge is 2.21. The minimum Gasteiger partial charge on any atom is -0.507 e. The first-order chi connectivity index (χ1) is 8.47. The van der Waals surface area contributed by atoms with Gasteiger partial charge in [0.1, 0.15) is 11.6 Å². The Bertz CT molecular complexity index is 421. The summed E-state index contributed by atoms with van der Waals surface area (Å²) in [5, 5.41) is 18.4. The fourth-order valence-electron chi connectivity index (χ4n) is 1.68. The lowest BCUT2D eigenvalue weighted by Crippen LogP contribution is -2.38. The van der Waals surface area contributed by atoms with E-state index < -0.39 is 5.82 Å². The first-order valence-corrected chi connectivity index (χ1v) is 5.87. The molecule has 0 aliphatic heterocycles. The molecule has 1 aromatic rings. The molecule has 0 unspecified atom stereocenters. The maximum Gasteiger partial charge on any atom is 0.257 e. The Labute approximate surface area is 106 Å². The molecule has 0 aliphatic rings. The normalized spacial score (nSPS) is 10.7. The van der Waals surface area contributed by atoms with Crippen LogP contribution in [0.15, 0.2) is 18.2 Å². The van der Waals surface area contributed by atoms with Gasteiger partial charge < -0.3 is 15.1 Å². The third kappa shape index (κ3) is 3.43. The standard InChI is InChI=1S/C13H18FNO3/c1-9(2)15(6-3-7-16)13(18)11-5-4-10(14)8-12(11)17/h4-5,8-9,16-17H,3,6-7H2,1-2H3. The Morgan fingerprint density at radius 2 is 2.11 bits per heavy atom. The van der Waals surface area contributed by atoms with E-state index in [2.05, 4.69) is 0 Å². The molecule has 0 spiro atoms. The monoisotopic (exact) mass is 255 g/mol. The van der Waals surface area contributed by atoms with Gasteiger partial charge in [-0.1, -0.05) is 0 Å². The molecule has 5 heteroatoms. The summed E-state index contributed by atoms with van der Waals surface area (Å²) in [6.07, 6.45) is 0.464. The second-order valence-corrected chi connectivity index (χ2v) is 4.33. The number of carbonyl (C=O) groups is 1. The molecule has 0 saturated carbocycles. The molecule has 0 fully saturated rings. The molecule has 0 aromatic heterocycles. The third-order valence-corrected chi connectivity index (χ3v) is 2.63. The van der Waals surface area contributed by atoms with Crippen LogP contribution < -0.4 is 0 Å². The zero-order valence-corrected chi connectivity index (χ0v) is 10.6. The van der Waals surface area contributed by atoms with Crippen molar-refractivity contribution in [1.29, 1.82) is 0 Å². The average Bonchev–Trinajstić information content (AvgIpc) is 2.28. The van der Waals surface area contributed by atoms with Gasteiger partial charge in [0.25, 0.3) is 5.91 Å². The number of hydrogen-bond acceptors (Lipinski definition) is 3. The zero-order chi connectivity index (χ0) is 13.7. The Kier molecular flexibility index (Phi) is 5.09. The van der Waals surface area contributed by atoms with Crippen molar-refractivity contribution >= 4 is 5.91 Å². The molecule has 2 N–H and O–H groups in total. The van der Waals surface area contributed by atoms with Gasteiger partial charge in [0, 0.05) is 25.3 Å². The molecule has 100 valence electrons. The minimum absolute atomic E-state index is 0.00804. The van der Waals surface area contributed by atoms with Crippen LogP contribution in [-0.2, 0) is 0 Å². The molecule has 0 saturated heterocycles. The average molecular weight is 255 g/mol. The summed E-state index contributed by atoms with van der Waals surface area (Å²) in [6.45, 7) is 4.07. The molecule has 0 radical (unpaired) electrons. The number of aliphatic hydroxyl groups is 1. The highest BCUT2D eigenvalue weighted by Crippen LogP contribution is 2.21. The van der Waals surface area contributed by atoms with Crippen LogP contribution in [0.25, 0.3) is 0 Å². The Hall–Kier alpha value is -1.62. The van der Waals surface area contributed by atoms with E-state index in [4.69, 9.17) is 5.11 Å². The van der Waals surface area contributed by atoms with E-state index in [1.54, 1.807) is 0 Å². The number of aromatic hydroxyl groups is 1. The van der Waals surface area contributed by atoms with Crippen molar-refractivity contribution in [2.75, 3.05) is 13.2 Å². The van der Waals surface area contributed by atoms with Gasteiger partial charge in [0.2, 0.25) is 0 Å². The number of nitrogens with zero attached hydrogens (tertiary/aromatic N) is 1. The van der Waals surface area contributed by atoms with Crippen LogP contribution in [0.2, 0.25) is 0 Å². The second kappa shape index (κ2) is 6.35. The van der Waals surface area contributed by atoms with E-state index in [9.17, 15) is 14.3 Å². The molecule has 0 aliphatic carbocycles. The molecular weight excluding hydrogens is 237 g/mol. The fraction of sp³-hybridized carbons (Fsp3) is 0.462. The largest absolute Gasteiger partial charge is 0.507 e. The van der Waals surface area contributed by atoms with E-state index >= 15 is 0 Å². The summed E-state index contributed by atoms with van der Waals surface area (Å²) < 4.78 is 12.9. The minimum atomic E-state index is -0.587. The molecule has 18 heavy (non-hydrogen) atoms. The highest BCUT2D eigenvalue weighted by molar-refractivity contribution is 5.97. The van der Waals surface area contributed by atoms with Crippen LogP contribution in [0.3, 0.4) is 0 Å². The van der Waals surface area contributed by atoms with E-state index in [0.29, 0.717) is 13.0 Å². The molecule has 1 rings (SSSR count). The quantitative estimate of drug-likeness (QED) is 0.843. The van der Waals surface area contributed by atoms with E-state index in [0.717, 1.165) is 12.1 Å². The Morgan fingerprint density at radius 1 is 1.44 bits per heavy atom. The van der Waals surface area contributed by atoms with Crippen molar-refractivity contribution in [2.24, 2.45) is 0 Å². The van der Waals surface area contributed by atoms with E-state index in [1.165, 1.54) is 11.0 Å². The summed E-state index contributed by atoms with van der Waals surface area (Å²) in [6, 6.07) is 3.25. The summed E-state index contributed by atoms with van der Waals surface area (Å²) in [5.41, 5.74) is 0.0723. The number of carbonyl (C=O) groups excluding carboxylic acids is 1. The van der Waals surface area contributed by atoms with Crippen LogP contribution in [0.1, 0.15) is 30.6 Å². The lowest BCUT2D eigenvalue weighted by molar-refractivity contribution is 0.0690. The van der Waals surface area contributed by atoms with Gasteiger partial charge in [-0.15, -0.1) is 0 Å². The molecule has 0 heterocycles. The van der Waals surface area contributed by atoms with Gasteiger partial charge in [0.05, 0.1) is 5.56 Å². The molecule has 1 amide bonds. The Balaban J connectivity index is 2.94. The zero-order valence-electron chi connectivity index (χ0n) is 10.6. The molecule has 0 bridgehead atoms.